The number of benzene rings is 1. The van der Waals surface area contributed by atoms with Gasteiger partial charge in [-0.05, 0) is 51.3 Å². The van der Waals surface area contributed by atoms with Crippen molar-refractivity contribution >= 4 is 16.1 Å². The molecule has 1 aromatic carbocycles. The van der Waals surface area contributed by atoms with E-state index in [2.05, 4.69) is 4.72 Å². The summed E-state index contributed by atoms with van der Waals surface area (Å²) in [5.74, 6) is -0.169. The molecule has 0 radical (unpaired) electrons. The van der Waals surface area contributed by atoms with Gasteiger partial charge in [-0.15, -0.1) is 0 Å². The first-order valence-corrected chi connectivity index (χ1v) is 10.2. The quantitative estimate of drug-likeness (QED) is 0.847. The Morgan fingerprint density at radius 2 is 2.00 bits per heavy atom. The standard InChI is InChI=1S/C18H25N3O4S/c1-18(2,3)25-17(22)21-10-4-5-16(21)12-20-26(23,24)13-15-8-6-14(11-19)7-9-15/h6-9,16,20H,4-5,10,12-13H2,1-3H3/t16-/m0/s1. The fourth-order valence-electron chi connectivity index (χ4n) is 2.78. The number of likely N-dealkylation sites (tertiary alicyclic amines) is 1. The van der Waals surface area contributed by atoms with Crippen molar-refractivity contribution in [1.29, 1.82) is 5.26 Å². The van der Waals surface area contributed by atoms with Gasteiger partial charge >= 0.3 is 6.09 Å². The van der Waals surface area contributed by atoms with Crippen molar-refractivity contribution in [3.63, 3.8) is 0 Å². The summed E-state index contributed by atoms with van der Waals surface area (Å²) in [6.07, 6.45) is 1.14. The molecule has 1 saturated heterocycles. The Kier molecular flexibility index (Phi) is 6.26. The summed E-state index contributed by atoms with van der Waals surface area (Å²) in [6.45, 7) is 6.14. The van der Waals surface area contributed by atoms with Gasteiger partial charge in [0.25, 0.3) is 0 Å². The molecule has 1 amide bonds. The van der Waals surface area contributed by atoms with Crippen LogP contribution >= 0.6 is 0 Å². The van der Waals surface area contributed by atoms with Crippen LogP contribution in [-0.2, 0) is 20.5 Å². The third kappa shape index (κ3) is 6.00. The average Bonchev–Trinajstić information content (AvgIpc) is 3.00. The number of nitrogens with zero attached hydrogens (tertiary/aromatic N) is 2. The molecule has 142 valence electrons. The van der Waals surface area contributed by atoms with E-state index in [9.17, 15) is 13.2 Å². The molecule has 1 aromatic rings. The van der Waals surface area contributed by atoms with E-state index in [1.165, 1.54) is 0 Å². The van der Waals surface area contributed by atoms with E-state index >= 15 is 0 Å². The molecule has 0 unspecified atom stereocenters. The highest BCUT2D eigenvalue weighted by Gasteiger charge is 2.32. The molecule has 1 aliphatic rings. The third-order valence-electron chi connectivity index (χ3n) is 3.98. The first-order valence-electron chi connectivity index (χ1n) is 8.56. The fraction of sp³-hybridized carbons (Fsp3) is 0.556. The van der Waals surface area contributed by atoms with Gasteiger partial charge in [0.2, 0.25) is 10.0 Å². The summed E-state index contributed by atoms with van der Waals surface area (Å²) < 4.78 is 32.6. The molecular weight excluding hydrogens is 354 g/mol. The number of hydrogen-bond acceptors (Lipinski definition) is 5. The number of nitriles is 1. The van der Waals surface area contributed by atoms with Crippen molar-refractivity contribution in [2.75, 3.05) is 13.1 Å². The van der Waals surface area contributed by atoms with Gasteiger partial charge in [-0.2, -0.15) is 5.26 Å². The lowest BCUT2D eigenvalue weighted by atomic mass is 10.2. The van der Waals surface area contributed by atoms with Crippen LogP contribution in [-0.4, -0.2) is 44.1 Å². The Hall–Kier alpha value is -2.11. The minimum Gasteiger partial charge on any atom is -0.444 e. The van der Waals surface area contributed by atoms with Crippen molar-refractivity contribution in [2.24, 2.45) is 0 Å². The maximum Gasteiger partial charge on any atom is 0.410 e. The van der Waals surface area contributed by atoms with Crippen molar-refractivity contribution in [3.8, 4) is 6.07 Å². The molecule has 1 atom stereocenters. The Morgan fingerprint density at radius 1 is 1.35 bits per heavy atom. The molecule has 0 saturated carbocycles. The summed E-state index contributed by atoms with van der Waals surface area (Å²) in [7, 11) is -3.54. The summed E-state index contributed by atoms with van der Waals surface area (Å²) in [5, 5.41) is 8.78. The molecule has 2 rings (SSSR count). The molecule has 1 N–H and O–H groups in total. The molecule has 0 bridgehead atoms. The van der Waals surface area contributed by atoms with Crippen molar-refractivity contribution < 1.29 is 17.9 Å². The van der Waals surface area contributed by atoms with Crippen LogP contribution < -0.4 is 4.72 Å². The lowest BCUT2D eigenvalue weighted by Gasteiger charge is -2.28. The van der Waals surface area contributed by atoms with E-state index in [4.69, 9.17) is 10.00 Å². The summed E-state index contributed by atoms with van der Waals surface area (Å²) in [4.78, 5) is 13.8. The lowest BCUT2D eigenvalue weighted by molar-refractivity contribution is 0.0229. The summed E-state index contributed by atoms with van der Waals surface area (Å²) >= 11 is 0. The van der Waals surface area contributed by atoms with Gasteiger partial charge in [0.1, 0.15) is 5.60 Å². The van der Waals surface area contributed by atoms with Crippen LogP contribution in [0.5, 0.6) is 0 Å². The van der Waals surface area contributed by atoms with Crippen LogP contribution in [0.2, 0.25) is 0 Å². The van der Waals surface area contributed by atoms with E-state index in [1.54, 1.807) is 49.9 Å². The summed E-state index contributed by atoms with van der Waals surface area (Å²) in [6, 6.07) is 8.22. The lowest BCUT2D eigenvalue weighted by Crippen LogP contribution is -2.45. The SMILES string of the molecule is CC(C)(C)OC(=O)N1CCC[C@H]1CNS(=O)(=O)Cc1ccc(C#N)cc1. The van der Waals surface area contributed by atoms with Crippen LogP contribution in [0.25, 0.3) is 0 Å². The molecule has 26 heavy (non-hydrogen) atoms. The minimum absolute atomic E-state index is 0.165. The van der Waals surface area contributed by atoms with Gasteiger partial charge in [0.15, 0.2) is 0 Å². The molecule has 1 fully saturated rings. The van der Waals surface area contributed by atoms with Crippen LogP contribution in [0.3, 0.4) is 0 Å². The second kappa shape index (κ2) is 8.06. The minimum atomic E-state index is -3.54. The zero-order chi connectivity index (χ0) is 19.4. The number of rotatable bonds is 5. The second-order valence-corrected chi connectivity index (χ2v) is 9.19. The topological polar surface area (TPSA) is 99.5 Å². The van der Waals surface area contributed by atoms with Gasteiger partial charge in [-0.25, -0.2) is 17.9 Å². The number of nitrogens with one attached hydrogen (secondary N) is 1. The third-order valence-corrected chi connectivity index (χ3v) is 5.30. The Labute approximate surface area is 155 Å². The number of hydrogen-bond donors (Lipinski definition) is 1. The van der Waals surface area contributed by atoms with E-state index in [1.807, 2.05) is 6.07 Å². The molecular formula is C18H25N3O4S. The number of carbonyl (C=O) groups excluding carboxylic acids is 1. The van der Waals surface area contributed by atoms with Gasteiger partial charge in [0, 0.05) is 19.1 Å². The van der Waals surface area contributed by atoms with Crippen LogP contribution in [0.4, 0.5) is 4.79 Å². The number of sulfonamides is 1. The number of amides is 1. The predicted molar refractivity (Wildman–Crippen MR) is 97.7 cm³/mol. The zero-order valence-electron chi connectivity index (χ0n) is 15.4. The van der Waals surface area contributed by atoms with Crippen molar-refractivity contribution in [1.82, 2.24) is 9.62 Å². The van der Waals surface area contributed by atoms with Gasteiger partial charge in [-0.3, -0.25) is 0 Å². The van der Waals surface area contributed by atoms with Crippen LogP contribution in [0, 0.1) is 11.3 Å². The largest absolute Gasteiger partial charge is 0.444 e. The first-order chi connectivity index (χ1) is 12.1. The molecule has 1 heterocycles. The smallest absolute Gasteiger partial charge is 0.410 e. The molecule has 0 spiro atoms. The molecule has 1 aliphatic heterocycles. The highest BCUT2D eigenvalue weighted by Crippen LogP contribution is 2.20. The van der Waals surface area contributed by atoms with Gasteiger partial charge in [0.05, 0.1) is 17.4 Å². The maximum absolute atomic E-state index is 12.3. The van der Waals surface area contributed by atoms with Crippen molar-refractivity contribution in [3.05, 3.63) is 35.4 Å². The first kappa shape index (κ1) is 20.2. The fourth-order valence-corrected chi connectivity index (χ4v) is 3.96. The maximum atomic E-state index is 12.3. The number of ether oxygens (including phenoxy) is 1. The molecule has 0 aromatic heterocycles. The van der Waals surface area contributed by atoms with E-state index < -0.39 is 21.7 Å². The highest BCUT2D eigenvalue weighted by atomic mass is 32.2. The van der Waals surface area contributed by atoms with E-state index in [0.717, 1.165) is 12.8 Å². The predicted octanol–water partition coefficient (Wildman–Crippen LogP) is 2.38. The normalized spacial score (nSPS) is 17.8. The van der Waals surface area contributed by atoms with Crippen LogP contribution in [0.15, 0.2) is 24.3 Å². The zero-order valence-corrected chi connectivity index (χ0v) is 16.2. The Bertz CT molecular complexity index is 776. The van der Waals surface area contributed by atoms with Gasteiger partial charge < -0.3 is 9.64 Å². The second-order valence-electron chi connectivity index (χ2n) is 7.39. The molecule has 8 heteroatoms. The average molecular weight is 379 g/mol. The summed E-state index contributed by atoms with van der Waals surface area (Å²) in [5.41, 5.74) is 0.504. The molecule has 0 aliphatic carbocycles. The molecule has 7 nitrogen and oxygen atoms in total. The number of carbonyl (C=O) groups is 1. The van der Waals surface area contributed by atoms with Crippen molar-refractivity contribution in [2.45, 2.75) is 51.0 Å². The van der Waals surface area contributed by atoms with E-state index in [-0.39, 0.29) is 18.3 Å². The van der Waals surface area contributed by atoms with E-state index in [0.29, 0.717) is 17.7 Å². The monoisotopic (exact) mass is 379 g/mol. The highest BCUT2D eigenvalue weighted by molar-refractivity contribution is 7.88. The van der Waals surface area contributed by atoms with Crippen LogP contribution in [0.1, 0.15) is 44.7 Å². The Balaban J connectivity index is 1.93. The van der Waals surface area contributed by atoms with Gasteiger partial charge in [-0.1, -0.05) is 12.1 Å². The Morgan fingerprint density at radius 3 is 2.58 bits per heavy atom.